The molecule has 0 aliphatic heterocycles. The second-order valence-corrected chi connectivity index (χ2v) is 4.86. The zero-order valence-corrected chi connectivity index (χ0v) is 11.6. The number of amides is 2. The van der Waals surface area contributed by atoms with Crippen molar-refractivity contribution >= 4 is 23.3 Å². The van der Waals surface area contributed by atoms with Crippen molar-refractivity contribution in [3.8, 4) is 5.75 Å². The monoisotopic (exact) mass is 280 g/mol. The molecule has 19 heavy (non-hydrogen) atoms. The summed E-state index contributed by atoms with van der Waals surface area (Å²) >= 11 is 5.99. The number of rotatable bonds is 3. The third kappa shape index (κ3) is 3.89. The van der Waals surface area contributed by atoms with Crippen molar-refractivity contribution in [2.24, 2.45) is 0 Å². The normalized spacial score (nSPS) is 14.1. The highest BCUT2D eigenvalue weighted by atomic mass is 35.5. The molecule has 0 atom stereocenters. The molecule has 1 fully saturated rings. The van der Waals surface area contributed by atoms with Crippen molar-refractivity contribution in [3.05, 3.63) is 35.0 Å². The molecular weight excluding hydrogens is 264 g/mol. The molecule has 0 bridgehead atoms. The fourth-order valence-electron chi connectivity index (χ4n) is 2.05. The molecule has 1 saturated carbocycles. The summed E-state index contributed by atoms with van der Waals surface area (Å²) in [5.74, 6) is 0.584. The second kappa shape index (κ2) is 6.48. The number of methoxy groups -OCH3 is 1. The molecule has 1 aromatic rings. The highest BCUT2D eigenvalue weighted by Gasteiger charge is 2.08. The largest absolute Gasteiger partial charge is 0.495 e. The van der Waals surface area contributed by atoms with Gasteiger partial charge in [-0.1, -0.05) is 17.2 Å². The first-order valence-electron chi connectivity index (χ1n) is 6.28. The van der Waals surface area contributed by atoms with Gasteiger partial charge in [0.2, 0.25) is 0 Å². The van der Waals surface area contributed by atoms with Gasteiger partial charge in [-0.05, 0) is 43.9 Å². The van der Waals surface area contributed by atoms with E-state index in [-0.39, 0.29) is 6.03 Å². The molecule has 0 heterocycles. The van der Waals surface area contributed by atoms with Gasteiger partial charge in [-0.25, -0.2) is 4.79 Å². The molecule has 2 N–H and O–H groups in total. The fourth-order valence-corrected chi connectivity index (χ4v) is 2.31. The zero-order chi connectivity index (χ0) is 13.7. The van der Waals surface area contributed by atoms with E-state index in [1.54, 1.807) is 31.5 Å². The van der Waals surface area contributed by atoms with Crippen LogP contribution in [0.4, 0.5) is 10.5 Å². The number of halogens is 1. The Morgan fingerprint density at radius 1 is 1.37 bits per heavy atom. The van der Waals surface area contributed by atoms with Crippen molar-refractivity contribution in [1.29, 1.82) is 0 Å². The molecule has 0 unspecified atom stereocenters. The minimum absolute atomic E-state index is 0.263. The lowest BCUT2D eigenvalue weighted by Gasteiger charge is -2.08. The third-order valence-electron chi connectivity index (χ3n) is 3.06. The van der Waals surface area contributed by atoms with Gasteiger partial charge in [-0.3, -0.25) is 0 Å². The van der Waals surface area contributed by atoms with Crippen LogP contribution in [0.2, 0.25) is 5.02 Å². The topological polar surface area (TPSA) is 50.4 Å². The van der Waals surface area contributed by atoms with E-state index in [1.807, 2.05) is 0 Å². The van der Waals surface area contributed by atoms with Crippen LogP contribution >= 0.6 is 11.6 Å². The van der Waals surface area contributed by atoms with Gasteiger partial charge in [0, 0.05) is 11.9 Å². The van der Waals surface area contributed by atoms with Gasteiger partial charge < -0.3 is 15.4 Å². The number of hydrogen-bond donors (Lipinski definition) is 2. The van der Waals surface area contributed by atoms with Gasteiger partial charge in [0.1, 0.15) is 5.75 Å². The Labute approximate surface area is 117 Å². The maximum Gasteiger partial charge on any atom is 0.323 e. The molecule has 1 aliphatic rings. The Bertz CT molecular complexity index is 492. The number of carbonyl (C=O) groups is 1. The molecular formula is C14H17ClN2O2. The molecule has 0 radical (unpaired) electrons. The molecule has 1 aliphatic carbocycles. The van der Waals surface area contributed by atoms with E-state index in [1.165, 1.54) is 18.4 Å². The van der Waals surface area contributed by atoms with Gasteiger partial charge in [-0.2, -0.15) is 0 Å². The van der Waals surface area contributed by atoms with Crippen molar-refractivity contribution in [2.45, 2.75) is 25.7 Å². The lowest BCUT2D eigenvalue weighted by atomic mass is 10.2. The van der Waals surface area contributed by atoms with Gasteiger partial charge in [0.15, 0.2) is 0 Å². The first kappa shape index (κ1) is 13.7. The number of benzene rings is 1. The average molecular weight is 281 g/mol. The molecule has 102 valence electrons. The van der Waals surface area contributed by atoms with Crippen LogP contribution < -0.4 is 15.4 Å². The van der Waals surface area contributed by atoms with E-state index in [4.69, 9.17) is 16.3 Å². The zero-order valence-electron chi connectivity index (χ0n) is 10.8. The summed E-state index contributed by atoms with van der Waals surface area (Å²) in [4.78, 5) is 11.7. The summed E-state index contributed by atoms with van der Waals surface area (Å²) in [7, 11) is 1.55. The van der Waals surface area contributed by atoms with Crippen LogP contribution in [-0.4, -0.2) is 13.1 Å². The third-order valence-corrected chi connectivity index (χ3v) is 3.36. The maximum atomic E-state index is 11.7. The molecule has 5 heteroatoms. The molecule has 2 rings (SSSR count). The molecule has 2 amide bonds. The van der Waals surface area contributed by atoms with E-state index in [9.17, 15) is 4.79 Å². The Kier molecular flexibility index (Phi) is 4.68. The number of hydrogen-bond acceptors (Lipinski definition) is 2. The van der Waals surface area contributed by atoms with E-state index < -0.39 is 0 Å². The van der Waals surface area contributed by atoms with E-state index in [2.05, 4.69) is 10.6 Å². The van der Waals surface area contributed by atoms with Gasteiger partial charge in [0.05, 0.1) is 12.1 Å². The number of ether oxygens (including phenoxy) is 1. The standard InChI is InChI=1S/C14H17ClN2O2/c1-19-13-7-6-11(8-12(13)15)17-14(18)16-9-10-4-2-3-5-10/h6-9H,2-5H2,1H3,(H2,16,17,18). The molecule has 0 aromatic heterocycles. The van der Waals surface area contributed by atoms with Crippen LogP contribution in [0.25, 0.3) is 0 Å². The minimum Gasteiger partial charge on any atom is -0.495 e. The highest BCUT2D eigenvalue weighted by Crippen LogP contribution is 2.27. The van der Waals surface area contributed by atoms with Crippen LogP contribution in [-0.2, 0) is 0 Å². The van der Waals surface area contributed by atoms with Crippen molar-refractivity contribution < 1.29 is 9.53 Å². The van der Waals surface area contributed by atoms with Gasteiger partial charge in [0.25, 0.3) is 0 Å². The van der Waals surface area contributed by atoms with Gasteiger partial charge in [-0.15, -0.1) is 0 Å². The molecule has 0 saturated heterocycles. The van der Waals surface area contributed by atoms with Crippen molar-refractivity contribution in [3.63, 3.8) is 0 Å². The van der Waals surface area contributed by atoms with Crippen LogP contribution in [0.3, 0.4) is 0 Å². The first-order chi connectivity index (χ1) is 9.19. The number of nitrogens with one attached hydrogen (secondary N) is 2. The van der Waals surface area contributed by atoms with Crippen LogP contribution in [0.1, 0.15) is 25.7 Å². The van der Waals surface area contributed by atoms with E-state index in [0.717, 1.165) is 12.8 Å². The predicted molar refractivity (Wildman–Crippen MR) is 76.7 cm³/mol. The number of urea groups is 1. The van der Waals surface area contributed by atoms with Crippen molar-refractivity contribution in [2.75, 3.05) is 12.4 Å². The first-order valence-corrected chi connectivity index (χ1v) is 6.66. The molecule has 1 aromatic carbocycles. The van der Waals surface area contributed by atoms with Gasteiger partial charge >= 0.3 is 6.03 Å². The Morgan fingerprint density at radius 2 is 2.11 bits per heavy atom. The maximum absolute atomic E-state index is 11.7. The van der Waals surface area contributed by atoms with Crippen LogP contribution in [0.5, 0.6) is 5.75 Å². The fraction of sp³-hybridized carbons (Fsp3) is 0.357. The lowest BCUT2D eigenvalue weighted by Crippen LogP contribution is -2.24. The number of carbonyl (C=O) groups excluding carboxylic acids is 1. The average Bonchev–Trinajstić information content (AvgIpc) is 2.90. The quantitative estimate of drug-likeness (QED) is 0.881. The molecule has 0 spiro atoms. The summed E-state index contributed by atoms with van der Waals surface area (Å²) in [5.41, 5.74) is 1.93. The lowest BCUT2D eigenvalue weighted by molar-refractivity contribution is 0.255. The SMILES string of the molecule is COc1ccc(NC(=O)NC=C2CCCC2)cc1Cl. The van der Waals surface area contributed by atoms with Crippen LogP contribution in [0.15, 0.2) is 30.0 Å². The number of anilines is 1. The summed E-state index contributed by atoms with van der Waals surface area (Å²) in [6.07, 6.45) is 6.38. The highest BCUT2D eigenvalue weighted by molar-refractivity contribution is 6.32. The van der Waals surface area contributed by atoms with E-state index >= 15 is 0 Å². The minimum atomic E-state index is -0.263. The predicted octanol–water partition coefficient (Wildman–Crippen LogP) is 3.93. The van der Waals surface area contributed by atoms with Crippen molar-refractivity contribution in [1.82, 2.24) is 5.32 Å². The Hall–Kier alpha value is -1.68. The molecule has 4 nitrogen and oxygen atoms in total. The van der Waals surface area contributed by atoms with E-state index in [0.29, 0.717) is 16.5 Å². The smallest absolute Gasteiger partial charge is 0.323 e. The summed E-state index contributed by atoms with van der Waals surface area (Å²) in [6.45, 7) is 0. The Morgan fingerprint density at radius 3 is 2.74 bits per heavy atom. The number of allylic oxidation sites excluding steroid dienone is 1. The Balaban J connectivity index is 1.91. The summed E-state index contributed by atoms with van der Waals surface area (Å²) in [5, 5.41) is 5.93. The summed E-state index contributed by atoms with van der Waals surface area (Å²) in [6, 6.07) is 4.85. The summed E-state index contributed by atoms with van der Waals surface area (Å²) < 4.78 is 5.05. The second-order valence-electron chi connectivity index (χ2n) is 4.46. The van der Waals surface area contributed by atoms with Crippen LogP contribution in [0, 0.1) is 0 Å².